The Morgan fingerprint density at radius 1 is 1.41 bits per heavy atom. The molecule has 4 nitrogen and oxygen atoms in total. The van der Waals surface area contributed by atoms with Crippen molar-refractivity contribution in [1.29, 1.82) is 0 Å². The third-order valence-electron chi connectivity index (χ3n) is 4.26. The second kappa shape index (κ2) is 8.28. The highest BCUT2D eigenvalue weighted by atomic mass is 35.5. The van der Waals surface area contributed by atoms with Crippen molar-refractivity contribution < 1.29 is 9.53 Å². The summed E-state index contributed by atoms with van der Waals surface area (Å²) in [5, 5.41) is 3.78. The Labute approximate surface area is 137 Å². The monoisotopic (exact) mass is 324 g/mol. The van der Waals surface area contributed by atoms with E-state index in [0.29, 0.717) is 30.1 Å². The van der Waals surface area contributed by atoms with Crippen molar-refractivity contribution >= 4 is 17.6 Å². The summed E-state index contributed by atoms with van der Waals surface area (Å²) in [7, 11) is 1.80. The van der Waals surface area contributed by atoms with Crippen molar-refractivity contribution in [2.75, 3.05) is 20.2 Å². The molecule has 2 atom stereocenters. The molecule has 0 spiro atoms. The molecule has 0 aliphatic heterocycles. The largest absolute Gasteiger partial charge is 0.492 e. The maximum Gasteiger partial charge on any atom is 0.317 e. The Kier molecular flexibility index (Phi) is 6.37. The van der Waals surface area contributed by atoms with Gasteiger partial charge in [0.25, 0.3) is 0 Å². The van der Waals surface area contributed by atoms with E-state index in [1.807, 2.05) is 12.1 Å². The van der Waals surface area contributed by atoms with Crippen LogP contribution in [0.2, 0.25) is 5.02 Å². The molecular formula is C17H25ClN2O2. The van der Waals surface area contributed by atoms with Crippen LogP contribution in [-0.2, 0) is 0 Å². The zero-order valence-electron chi connectivity index (χ0n) is 13.3. The maximum atomic E-state index is 12.2. The summed E-state index contributed by atoms with van der Waals surface area (Å²) in [5.41, 5.74) is 0. The van der Waals surface area contributed by atoms with Crippen LogP contribution in [0.3, 0.4) is 0 Å². The van der Waals surface area contributed by atoms with Crippen molar-refractivity contribution in [2.45, 2.75) is 38.6 Å². The molecule has 122 valence electrons. The summed E-state index contributed by atoms with van der Waals surface area (Å²) in [4.78, 5) is 13.9. The number of likely N-dealkylation sites (N-methyl/N-ethyl adjacent to an activating group) is 1. The number of ether oxygens (including phenoxy) is 1. The molecule has 0 heterocycles. The molecule has 2 rings (SSSR count). The Hall–Kier alpha value is -1.42. The van der Waals surface area contributed by atoms with E-state index in [0.717, 1.165) is 12.2 Å². The Morgan fingerprint density at radius 3 is 2.91 bits per heavy atom. The molecule has 1 aromatic rings. The molecule has 0 bridgehead atoms. The fraction of sp³-hybridized carbons (Fsp3) is 0.588. The van der Waals surface area contributed by atoms with Gasteiger partial charge in [0.15, 0.2) is 0 Å². The van der Waals surface area contributed by atoms with E-state index in [-0.39, 0.29) is 6.03 Å². The topological polar surface area (TPSA) is 41.6 Å². The molecule has 1 aromatic carbocycles. The van der Waals surface area contributed by atoms with E-state index in [9.17, 15) is 4.79 Å². The van der Waals surface area contributed by atoms with Crippen LogP contribution in [0.4, 0.5) is 4.79 Å². The number of benzene rings is 1. The summed E-state index contributed by atoms with van der Waals surface area (Å²) in [6.45, 7) is 3.20. The van der Waals surface area contributed by atoms with Crippen LogP contribution >= 0.6 is 11.6 Å². The van der Waals surface area contributed by atoms with E-state index in [1.165, 1.54) is 19.3 Å². The van der Waals surface area contributed by atoms with E-state index >= 15 is 0 Å². The number of halogens is 1. The van der Waals surface area contributed by atoms with Crippen molar-refractivity contribution in [2.24, 2.45) is 5.92 Å². The normalized spacial score (nSPS) is 21.2. The Balaban J connectivity index is 1.72. The van der Waals surface area contributed by atoms with Crippen LogP contribution in [0.15, 0.2) is 24.3 Å². The third kappa shape index (κ3) is 5.09. The molecule has 22 heavy (non-hydrogen) atoms. The predicted molar refractivity (Wildman–Crippen MR) is 89.5 cm³/mol. The molecule has 1 fully saturated rings. The minimum Gasteiger partial charge on any atom is -0.492 e. The van der Waals surface area contributed by atoms with Crippen molar-refractivity contribution in [1.82, 2.24) is 10.2 Å². The van der Waals surface area contributed by atoms with E-state index < -0.39 is 0 Å². The maximum absolute atomic E-state index is 12.2. The first-order valence-electron chi connectivity index (χ1n) is 7.96. The quantitative estimate of drug-likeness (QED) is 0.891. The lowest BCUT2D eigenvalue weighted by atomic mass is 9.86. The first-order chi connectivity index (χ1) is 10.6. The second-order valence-corrected chi connectivity index (χ2v) is 6.48. The Bertz CT molecular complexity index is 495. The van der Waals surface area contributed by atoms with Gasteiger partial charge in [0.1, 0.15) is 12.4 Å². The summed E-state index contributed by atoms with van der Waals surface area (Å²) < 4.78 is 5.61. The predicted octanol–water partition coefficient (Wildman–Crippen LogP) is 3.94. The van der Waals surface area contributed by atoms with Gasteiger partial charge in [-0.1, -0.05) is 37.4 Å². The lowest BCUT2D eigenvalue weighted by Crippen LogP contribution is -2.47. The summed E-state index contributed by atoms with van der Waals surface area (Å²) in [6.07, 6.45) is 4.76. The molecule has 0 saturated heterocycles. The van der Waals surface area contributed by atoms with Crippen LogP contribution < -0.4 is 10.1 Å². The minimum absolute atomic E-state index is 0.0200. The summed E-state index contributed by atoms with van der Waals surface area (Å²) in [5.74, 6) is 1.29. The minimum atomic E-state index is -0.0200. The second-order valence-electron chi connectivity index (χ2n) is 6.05. The lowest BCUT2D eigenvalue weighted by Gasteiger charge is -2.31. The number of amides is 2. The highest BCUT2D eigenvalue weighted by Crippen LogP contribution is 2.23. The van der Waals surface area contributed by atoms with Crippen LogP contribution in [0.25, 0.3) is 0 Å². The lowest BCUT2D eigenvalue weighted by molar-refractivity contribution is 0.181. The van der Waals surface area contributed by atoms with Crippen LogP contribution in [0.5, 0.6) is 5.75 Å². The van der Waals surface area contributed by atoms with E-state index in [1.54, 1.807) is 24.1 Å². The Morgan fingerprint density at radius 2 is 2.18 bits per heavy atom. The number of carbonyl (C=O) groups excluding carboxylic acids is 1. The van der Waals surface area contributed by atoms with Gasteiger partial charge in [0.2, 0.25) is 0 Å². The standard InChI is InChI=1S/C17H25ClN2O2/c1-13-6-3-4-9-16(13)19-17(21)20(2)10-11-22-15-8-5-7-14(18)12-15/h5,7-8,12-13,16H,3-4,6,9-11H2,1-2H3,(H,19,21)/t13-,16-/m1/s1. The van der Waals surface area contributed by atoms with Crippen molar-refractivity contribution in [3.05, 3.63) is 29.3 Å². The third-order valence-corrected chi connectivity index (χ3v) is 4.49. The molecule has 0 unspecified atom stereocenters. The van der Waals surface area contributed by atoms with Gasteiger partial charge < -0.3 is 15.0 Å². The molecule has 5 heteroatoms. The number of rotatable bonds is 5. The highest BCUT2D eigenvalue weighted by Gasteiger charge is 2.23. The van der Waals surface area contributed by atoms with E-state index in [2.05, 4.69) is 12.2 Å². The highest BCUT2D eigenvalue weighted by molar-refractivity contribution is 6.30. The number of hydrogen-bond donors (Lipinski definition) is 1. The van der Waals surface area contributed by atoms with Crippen LogP contribution in [0.1, 0.15) is 32.6 Å². The van der Waals surface area contributed by atoms with Gasteiger partial charge in [0, 0.05) is 18.1 Å². The van der Waals surface area contributed by atoms with Crippen molar-refractivity contribution in [3.8, 4) is 5.75 Å². The molecule has 1 saturated carbocycles. The molecule has 1 aliphatic carbocycles. The van der Waals surface area contributed by atoms with Gasteiger partial charge in [0.05, 0.1) is 6.54 Å². The number of carbonyl (C=O) groups is 1. The molecule has 0 radical (unpaired) electrons. The van der Waals surface area contributed by atoms with Gasteiger partial charge in [-0.05, 0) is 37.0 Å². The summed E-state index contributed by atoms with van der Waals surface area (Å²) in [6, 6.07) is 7.56. The van der Waals surface area contributed by atoms with Gasteiger partial charge in [-0.2, -0.15) is 0 Å². The number of urea groups is 1. The van der Waals surface area contributed by atoms with Crippen LogP contribution in [0, 0.1) is 5.92 Å². The van der Waals surface area contributed by atoms with Gasteiger partial charge in [-0.15, -0.1) is 0 Å². The average Bonchev–Trinajstić information content (AvgIpc) is 2.49. The number of hydrogen-bond acceptors (Lipinski definition) is 2. The fourth-order valence-corrected chi connectivity index (χ4v) is 2.94. The van der Waals surface area contributed by atoms with Crippen LogP contribution in [-0.4, -0.2) is 37.2 Å². The fourth-order valence-electron chi connectivity index (χ4n) is 2.76. The molecule has 1 N–H and O–H groups in total. The number of nitrogens with zero attached hydrogens (tertiary/aromatic N) is 1. The molecule has 0 aromatic heterocycles. The zero-order chi connectivity index (χ0) is 15.9. The zero-order valence-corrected chi connectivity index (χ0v) is 14.1. The SMILES string of the molecule is C[C@@H]1CCCC[C@H]1NC(=O)N(C)CCOc1cccc(Cl)c1. The van der Waals surface area contributed by atoms with Crippen molar-refractivity contribution in [3.63, 3.8) is 0 Å². The summed E-state index contributed by atoms with van der Waals surface area (Å²) >= 11 is 5.90. The first-order valence-corrected chi connectivity index (χ1v) is 8.34. The first kappa shape index (κ1) is 16.9. The molecule has 2 amide bonds. The number of nitrogens with one attached hydrogen (secondary N) is 1. The van der Waals surface area contributed by atoms with Gasteiger partial charge in [-0.3, -0.25) is 0 Å². The van der Waals surface area contributed by atoms with E-state index in [4.69, 9.17) is 16.3 Å². The molecule has 1 aliphatic rings. The smallest absolute Gasteiger partial charge is 0.317 e. The average molecular weight is 325 g/mol. The van der Waals surface area contributed by atoms with Gasteiger partial charge in [-0.25, -0.2) is 4.79 Å². The van der Waals surface area contributed by atoms with Gasteiger partial charge >= 0.3 is 6.03 Å². The molecular weight excluding hydrogens is 300 g/mol.